The van der Waals surface area contributed by atoms with Gasteiger partial charge in [0.1, 0.15) is 0 Å². The van der Waals surface area contributed by atoms with Gasteiger partial charge in [-0.05, 0) is 49.7 Å². The van der Waals surface area contributed by atoms with Gasteiger partial charge in [-0.1, -0.05) is 29.8 Å². The van der Waals surface area contributed by atoms with Crippen LogP contribution in [0.1, 0.15) is 31.4 Å². The Balaban J connectivity index is 1.84. The maximum absolute atomic E-state index is 13.2. The number of benzene rings is 2. The maximum Gasteiger partial charge on any atom is 0.416 e. The standard InChI is InChI=1S/C21H21ClF3NO3S/c1-20(2,30(28,29)18-5-3-4-15(10-18)21(23,24)25)16-11-19(27)26(13-16)12-14-6-8-17(22)9-7-14/h3-10,16H,11-13H2,1-2H3/t16-/m0/s1. The third-order valence-electron chi connectivity index (χ3n) is 5.65. The Hall–Kier alpha value is -2.06. The Morgan fingerprint density at radius 3 is 2.33 bits per heavy atom. The van der Waals surface area contributed by atoms with E-state index in [9.17, 15) is 26.4 Å². The number of alkyl halides is 3. The molecule has 2 aromatic carbocycles. The number of rotatable bonds is 5. The third-order valence-corrected chi connectivity index (χ3v) is 8.49. The number of carbonyl (C=O) groups excluding carboxylic acids is 1. The summed E-state index contributed by atoms with van der Waals surface area (Å²) in [6.45, 7) is 3.44. The topological polar surface area (TPSA) is 54.5 Å². The molecule has 0 aromatic heterocycles. The van der Waals surface area contributed by atoms with Gasteiger partial charge in [0.25, 0.3) is 0 Å². The van der Waals surface area contributed by atoms with Crippen LogP contribution in [0.15, 0.2) is 53.4 Å². The minimum atomic E-state index is -4.64. The molecule has 0 saturated carbocycles. The fourth-order valence-electron chi connectivity index (χ4n) is 3.56. The molecule has 0 N–H and O–H groups in total. The van der Waals surface area contributed by atoms with Crippen LogP contribution in [0, 0.1) is 5.92 Å². The van der Waals surface area contributed by atoms with E-state index in [-0.39, 0.29) is 18.9 Å². The second-order valence-electron chi connectivity index (χ2n) is 7.93. The SMILES string of the molecule is CC(C)([C@H]1CC(=O)N(Cc2ccc(Cl)cc2)C1)S(=O)(=O)c1cccc(C(F)(F)F)c1. The second kappa shape index (κ2) is 7.89. The highest BCUT2D eigenvalue weighted by Crippen LogP contribution is 2.39. The number of carbonyl (C=O) groups is 1. The van der Waals surface area contributed by atoms with Crippen LogP contribution in [-0.4, -0.2) is 30.5 Å². The van der Waals surface area contributed by atoms with Crippen LogP contribution >= 0.6 is 11.6 Å². The van der Waals surface area contributed by atoms with Gasteiger partial charge in [-0.2, -0.15) is 13.2 Å². The highest BCUT2D eigenvalue weighted by Gasteiger charge is 2.48. The van der Waals surface area contributed by atoms with Crippen LogP contribution in [-0.2, 0) is 27.4 Å². The van der Waals surface area contributed by atoms with E-state index in [1.54, 1.807) is 29.2 Å². The van der Waals surface area contributed by atoms with Gasteiger partial charge in [-0.3, -0.25) is 4.79 Å². The summed E-state index contributed by atoms with van der Waals surface area (Å²) in [5.41, 5.74) is -0.168. The summed E-state index contributed by atoms with van der Waals surface area (Å²) >= 11 is 5.87. The number of nitrogens with zero attached hydrogens (tertiary/aromatic N) is 1. The summed E-state index contributed by atoms with van der Waals surface area (Å²) in [5.74, 6) is -0.751. The molecule has 0 radical (unpaired) electrons. The lowest BCUT2D eigenvalue weighted by molar-refractivity contribution is -0.137. The smallest absolute Gasteiger partial charge is 0.338 e. The molecular weight excluding hydrogens is 439 g/mol. The van der Waals surface area contributed by atoms with Gasteiger partial charge in [0.2, 0.25) is 5.91 Å². The molecular formula is C21H21ClF3NO3S. The van der Waals surface area contributed by atoms with Crippen molar-refractivity contribution in [1.29, 1.82) is 0 Å². The van der Waals surface area contributed by atoms with E-state index in [0.29, 0.717) is 17.6 Å². The predicted molar refractivity (Wildman–Crippen MR) is 108 cm³/mol. The average molecular weight is 460 g/mol. The first kappa shape index (κ1) is 22.6. The lowest BCUT2D eigenvalue weighted by atomic mass is 9.94. The monoisotopic (exact) mass is 459 g/mol. The summed E-state index contributed by atoms with van der Waals surface area (Å²) in [4.78, 5) is 13.7. The summed E-state index contributed by atoms with van der Waals surface area (Å²) in [6.07, 6.45) is -4.63. The van der Waals surface area contributed by atoms with Crippen molar-refractivity contribution in [3.63, 3.8) is 0 Å². The van der Waals surface area contributed by atoms with E-state index in [1.165, 1.54) is 13.8 Å². The van der Waals surface area contributed by atoms with Crippen LogP contribution in [0.5, 0.6) is 0 Å². The first-order valence-corrected chi connectivity index (χ1v) is 11.1. The van der Waals surface area contributed by atoms with Crippen molar-refractivity contribution >= 4 is 27.3 Å². The maximum atomic E-state index is 13.2. The van der Waals surface area contributed by atoms with Crippen molar-refractivity contribution < 1.29 is 26.4 Å². The molecule has 1 amide bonds. The van der Waals surface area contributed by atoms with Gasteiger partial charge in [-0.15, -0.1) is 0 Å². The summed E-state index contributed by atoms with van der Waals surface area (Å²) in [6, 6.07) is 10.7. The molecule has 9 heteroatoms. The van der Waals surface area contributed by atoms with Crippen molar-refractivity contribution in [3.8, 4) is 0 Å². The zero-order valence-electron chi connectivity index (χ0n) is 16.4. The second-order valence-corrected chi connectivity index (χ2v) is 10.9. The fourth-order valence-corrected chi connectivity index (χ4v) is 5.43. The van der Waals surface area contributed by atoms with E-state index >= 15 is 0 Å². The number of likely N-dealkylation sites (tertiary alicyclic amines) is 1. The van der Waals surface area contributed by atoms with Crippen LogP contribution in [0.25, 0.3) is 0 Å². The largest absolute Gasteiger partial charge is 0.416 e. The minimum absolute atomic E-state index is 0.0127. The first-order valence-electron chi connectivity index (χ1n) is 9.26. The lowest BCUT2D eigenvalue weighted by Gasteiger charge is -2.31. The number of amides is 1. The van der Waals surface area contributed by atoms with Crippen LogP contribution < -0.4 is 0 Å². The van der Waals surface area contributed by atoms with Crippen LogP contribution in [0.2, 0.25) is 5.02 Å². The number of hydrogen-bond donors (Lipinski definition) is 0. The molecule has 1 aliphatic rings. The molecule has 1 aliphatic heterocycles. The van der Waals surface area contributed by atoms with Crippen molar-refractivity contribution in [3.05, 3.63) is 64.7 Å². The quantitative estimate of drug-likeness (QED) is 0.635. The molecule has 30 heavy (non-hydrogen) atoms. The molecule has 1 heterocycles. The third kappa shape index (κ3) is 4.34. The molecule has 4 nitrogen and oxygen atoms in total. The molecule has 0 bridgehead atoms. The van der Waals surface area contributed by atoms with Crippen LogP contribution in [0.3, 0.4) is 0 Å². The molecule has 1 fully saturated rings. The van der Waals surface area contributed by atoms with Crippen LogP contribution in [0.4, 0.5) is 13.2 Å². The Kier molecular flexibility index (Phi) is 5.95. The van der Waals surface area contributed by atoms with Gasteiger partial charge < -0.3 is 4.90 Å². The first-order chi connectivity index (χ1) is 13.8. The fraction of sp³-hybridized carbons (Fsp3) is 0.381. The van der Waals surface area contributed by atoms with E-state index in [2.05, 4.69) is 0 Å². The zero-order valence-corrected chi connectivity index (χ0v) is 18.0. The normalized spacial score (nSPS) is 18.1. The molecule has 0 aliphatic carbocycles. The van der Waals surface area contributed by atoms with Gasteiger partial charge in [-0.25, -0.2) is 8.42 Å². The lowest BCUT2D eigenvalue weighted by Crippen LogP contribution is -2.41. The number of sulfone groups is 1. The Labute approximate surface area is 178 Å². The van der Waals surface area contributed by atoms with Gasteiger partial charge in [0, 0.05) is 30.5 Å². The number of halogens is 4. The summed E-state index contributed by atoms with van der Waals surface area (Å²) < 4.78 is 64.1. The van der Waals surface area contributed by atoms with E-state index in [1.807, 2.05) is 0 Å². The minimum Gasteiger partial charge on any atom is -0.338 e. The summed E-state index contributed by atoms with van der Waals surface area (Å²) in [7, 11) is -4.13. The summed E-state index contributed by atoms with van der Waals surface area (Å²) in [5, 5.41) is 0.567. The van der Waals surface area contributed by atoms with Crippen molar-refractivity contribution in [2.24, 2.45) is 5.92 Å². The van der Waals surface area contributed by atoms with Gasteiger partial charge in [0.15, 0.2) is 9.84 Å². The molecule has 1 atom stereocenters. The molecule has 0 unspecified atom stereocenters. The van der Waals surface area contributed by atoms with Crippen molar-refractivity contribution in [2.75, 3.05) is 6.54 Å². The molecule has 162 valence electrons. The molecule has 0 spiro atoms. The Morgan fingerprint density at radius 1 is 1.10 bits per heavy atom. The zero-order chi connectivity index (χ0) is 22.3. The molecule has 2 aromatic rings. The molecule has 1 saturated heterocycles. The van der Waals surface area contributed by atoms with E-state index in [0.717, 1.165) is 23.8 Å². The predicted octanol–water partition coefficient (Wildman–Crippen LogP) is 4.96. The van der Waals surface area contributed by atoms with E-state index in [4.69, 9.17) is 11.6 Å². The van der Waals surface area contributed by atoms with Gasteiger partial charge >= 0.3 is 6.18 Å². The van der Waals surface area contributed by atoms with Crippen molar-refractivity contribution in [1.82, 2.24) is 4.90 Å². The van der Waals surface area contributed by atoms with E-state index < -0.39 is 37.1 Å². The van der Waals surface area contributed by atoms with Crippen molar-refractivity contribution in [2.45, 2.75) is 42.6 Å². The average Bonchev–Trinajstić information content (AvgIpc) is 3.04. The number of hydrogen-bond acceptors (Lipinski definition) is 3. The Morgan fingerprint density at radius 2 is 1.73 bits per heavy atom. The Bertz CT molecular complexity index is 1050. The van der Waals surface area contributed by atoms with Gasteiger partial charge in [0.05, 0.1) is 15.2 Å². The highest BCUT2D eigenvalue weighted by molar-refractivity contribution is 7.92. The molecule has 3 rings (SSSR count). The highest BCUT2D eigenvalue weighted by atomic mass is 35.5.